The third-order valence-electron chi connectivity index (χ3n) is 3.40. The average molecular weight is 336 g/mol. The van der Waals surface area contributed by atoms with Gasteiger partial charge in [0.25, 0.3) is 11.7 Å². The Hall–Kier alpha value is -3.48. The van der Waals surface area contributed by atoms with Gasteiger partial charge in [-0.15, -0.1) is 10.2 Å². The summed E-state index contributed by atoms with van der Waals surface area (Å²) >= 11 is 0. The molecule has 0 atom stereocenters. The lowest BCUT2D eigenvalue weighted by Crippen LogP contribution is -2.27. The van der Waals surface area contributed by atoms with Crippen molar-refractivity contribution in [2.75, 3.05) is 12.0 Å². The van der Waals surface area contributed by atoms with E-state index in [-0.39, 0.29) is 18.3 Å². The third kappa shape index (κ3) is 3.55. The van der Waals surface area contributed by atoms with Gasteiger partial charge in [0.05, 0.1) is 6.61 Å². The number of nitrogens with one attached hydrogen (secondary N) is 1. The molecule has 0 fully saturated rings. The number of esters is 1. The molecule has 1 heterocycles. The van der Waals surface area contributed by atoms with Crippen molar-refractivity contribution in [1.29, 1.82) is 0 Å². The highest BCUT2D eigenvalue weighted by molar-refractivity contribution is 6.01. The summed E-state index contributed by atoms with van der Waals surface area (Å²) < 4.78 is 6.24. The lowest BCUT2D eigenvalue weighted by atomic mass is 10.2. The van der Waals surface area contributed by atoms with E-state index >= 15 is 0 Å². The lowest BCUT2D eigenvalue weighted by molar-refractivity contribution is 0.0508. The van der Waals surface area contributed by atoms with Gasteiger partial charge >= 0.3 is 5.97 Å². The summed E-state index contributed by atoms with van der Waals surface area (Å²) in [6.07, 6.45) is 0. The average Bonchev–Trinajstić information content (AvgIpc) is 3.07. The first kappa shape index (κ1) is 16.4. The molecule has 0 aliphatic heterocycles. The molecule has 7 heteroatoms. The zero-order chi connectivity index (χ0) is 17.6. The first-order valence-electron chi connectivity index (χ1n) is 7.75. The molecular weight excluding hydrogens is 320 g/mol. The highest BCUT2D eigenvalue weighted by Crippen LogP contribution is 2.17. The Bertz CT molecular complexity index is 876. The molecule has 7 nitrogen and oxygen atoms in total. The van der Waals surface area contributed by atoms with Crippen LogP contribution in [0.15, 0.2) is 60.7 Å². The fourth-order valence-electron chi connectivity index (χ4n) is 2.25. The van der Waals surface area contributed by atoms with Gasteiger partial charge in [0, 0.05) is 11.1 Å². The van der Waals surface area contributed by atoms with Crippen LogP contribution in [0.1, 0.15) is 27.9 Å². The van der Waals surface area contributed by atoms with Crippen LogP contribution in [0.3, 0.4) is 0 Å². The van der Waals surface area contributed by atoms with Gasteiger partial charge in [-0.2, -0.15) is 0 Å². The van der Waals surface area contributed by atoms with Crippen molar-refractivity contribution in [3.8, 4) is 11.4 Å². The summed E-state index contributed by atoms with van der Waals surface area (Å²) in [4.78, 5) is 24.6. The van der Waals surface area contributed by atoms with E-state index in [0.29, 0.717) is 17.0 Å². The van der Waals surface area contributed by atoms with E-state index in [1.54, 1.807) is 31.2 Å². The minimum absolute atomic E-state index is 0.0926. The first-order valence-corrected chi connectivity index (χ1v) is 7.75. The number of ether oxygens (including phenoxy) is 1. The SMILES string of the molecule is CCOC(=O)c1nnc(-c2ccccc2)n1NC(=O)c1ccccc1. The molecule has 1 N–H and O–H groups in total. The van der Waals surface area contributed by atoms with Crippen molar-refractivity contribution in [3.63, 3.8) is 0 Å². The predicted octanol–water partition coefficient (Wildman–Crippen LogP) is 2.51. The molecule has 0 saturated carbocycles. The van der Waals surface area contributed by atoms with Gasteiger partial charge in [-0.05, 0) is 19.1 Å². The second-order valence-electron chi connectivity index (χ2n) is 5.08. The number of amides is 1. The van der Waals surface area contributed by atoms with Crippen molar-refractivity contribution in [2.45, 2.75) is 6.92 Å². The Morgan fingerprint density at radius 3 is 2.28 bits per heavy atom. The molecule has 1 aromatic heterocycles. The maximum atomic E-state index is 12.5. The Morgan fingerprint density at radius 2 is 1.64 bits per heavy atom. The van der Waals surface area contributed by atoms with Crippen LogP contribution in [0.25, 0.3) is 11.4 Å². The Kier molecular flexibility index (Phi) is 4.84. The lowest BCUT2D eigenvalue weighted by Gasteiger charge is -2.11. The van der Waals surface area contributed by atoms with E-state index in [4.69, 9.17) is 4.74 Å². The molecule has 3 rings (SSSR count). The fourth-order valence-corrected chi connectivity index (χ4v) is 2.25. The molecule has 126 valence electrons. The highest BCUT2D eigenvalue weighted by Gasteiger charge is 2.22. The molecule has 2 aromatic carbocycles. The molecule has 25 heavy (non-hydrogen) atoms. The number of aromatic nitrogens is 3. The van der Waals surface area contributed by atoms with Gasteiger partial charge in [0.1, 0.15) is 0 Å². The molecule has 0 aliphatic carbocycles. The van der Waals surface area contributed by atoms with Crippen molar-refractivity contribution in [2.24, 2.45) is 0 Å². The van der Waals surface area contributed by atoms with Crippen LogP contribution in [0.4, 0.5) is 0 Å². The van der Waals surface area contributed by atoms with Gasteiger partial charge in [-0.1, -0.05) is 48.5 Å². The highest BCUT2D eigenvalue weighted by atomic mass is 16.5. The van der Waals surface area contributed by atoms with Crippen LogP contribution in [0.2, 0.25) is 0 Å². The summed E-state index contributed by atoms with van der Waals surface area (Å²) in [5.41, 5.74) is 3.82. The normalized spacial score (nSPS) is 10.3. The van der Waals surface area contributed by atoms with E-state index in [9.17, 15) is 9.59 Å². The van der Waals surface area contributed by atoms with E-state index in [0.717, 1.165) is 0 Å². The second-order valence-corrected chi connectivity index (χ2v) is 5.08. The van der Waals surface area contributed by atoms with E-state index in [1.807, 2.05) is 36.4 Å². The number of hydrogen-bond donors (Lipinski definition) is 1. The van der Waals surface area contributed by atoms with Gasteiger partial charge in [0.15, 0.2) is 5.82 Å². The van der Waals surface area contributed by atoms with Crippen LogP contribution in [-0.4, -0.2) is 33.4 Å². The topological polar surface area (TPSA) is 86.1 Å². The standard InChI is InChI=1S/C18H16N4O3/c1-2-25-18(24)16-20-19-15(13-9-5-3-6-10-13)22(16)21-17(23)14-11-7-4-8-12-14/h3-12H,2H2,1H3,(H,21,23). The summed E-state index contributed by atoms with van der Waals surface area (Å²) in [6.45, 7) is 1.89. The summed E-state index contributed by atoms with van der Waals surface area (Å²) in [5, 5.41) is 7.92. The van der Waals surface area contributed by atoms with Crippen molar-refractivity contribution in [1.82, 2.24) is 14.9 Å². The van der Waals surface area contributed by atoms with Crippen molar-refractivity contribution >= 4 is 11.9 Å². The van der Waals surface area contributed by atoms with E-state index in [2.05, 4.69) is 15.6 Å². The van der Waals surface area contributed by atoms with Crippen molar-refractivity contribution < 1.29 is 14.3 Å². The number of carbonyl (C=O) groups is 2. The van der Waals surface area contributed by atoms with Gasteiger partial charge in [-0.3, -0.25) is 10.2 Å². The fraction of sp³-hybridized carbons (Fsp3) is 0.111. The minimum atomic E-state index is -0.662. The first-order chi connectivity index (χ1) is 12.2. The molecule has 1 amide bonds. The molecule has 0 aliphatic rings. The summed E-state index contributed by atoms with van der Waals surface area (Å²) in [7, 11) is 0. The maximum absolute atomic E-state index is 12.5. The second kappa shape index (κ2) is 7.39. The molecule has 0 bridgehead atoms. The number of carbonyl (C=O) groups excluding carboxylic acids is 2. The number of benzene rings is 2. The number of nitrogens with zero attached hydrogens (tertiary/aromatic N) is 3. The van der Waals surface area contributed by atoms with Crippen molar-refractivity contribution in [3.05, 3.63) is 72.1 Å². The predicted molar refractivity (Wildman–Crippen MR) is 91.5 cm³/mol. The monoisotopic (exact) mass is 336 g/mol. The zero-order valence-corrected chi connectivity index (χ0v) is 13.5. The summed E-state index contributed by atoms with van der Waals surface area (Å²) in [5.74, 6) is -0.799. The Labute approximate surface area is 144 Å². The molecule has 0 radical (unpaired) electrons. The molecule has 3 aromatic rings. The zero-order valence-electron chi connectivity index (χ0n) is 13.5. The van der Waals surface area contributed by atoms with E-state index < -0.39 is 5.97 Å². The molecular formula is C18H16N4O3. The minimum Gasteiger partial charge on any atom is -0.460 e. The molecule has 0 spiro atoms. The Balaban J connectivity index is 2.01. The van der Waals surface area contributed by atoms with Crippen LogP contribution in [0.5, 0.6) is 0 Å². The summed E-state index contributed by atoms with van der Waals surface area (Å²) in [6, 6.07) is 17.8. The van der Waals surface area contributed by atoms with Gasteiger partial charge < -0.3 is 4.74 Å². The van der Waals surface area contributed by atoms with Gasteiger partial charge in [0.2, 0.25) is 0 Å². The quantitative estimate of drug-likeness (QED) is 0.724. The smallest absolute Gasteiger partial charge is 0.378 e. The van der Waals surface area contributed by atoms with Crippen LogP contribution < -0.4 is 5.43 Å². The maximum Gasteiger partial charge on any atom is 0.378 e. The van der Waals surface area contributed by atoms with Crippen LogP contribution in [-0.2, 0) is 4.74 Å². The molecule has 0 unspecified atom stereocenters. The van der Waals surface area contributed by atoms with Crippen LogP contribution in [0, 0.1) is 0 Å². The largest absolute Gasteiger partial charge is 0.460 e. The van der Waals surface area contributed by atoms with Crippen LogP contribution >= 0.6 is 0 Å². The number of hydrogen-bond acceptors (Lipinski definition) is 5. The molecule has 0 saturated heterocycles. The third-order valence-corrected chi connectivity index (χ3v) is 3.40. The van der Waals surface area contributed by atoms with E-state index in [1.165, 1.54) is 4.68 Å². The number of rotatable bonds is 5. The Morgan fingerprint density at radius 1 is 1.00 bits per heavy atom. The van der Waals surface area contributed by atoms with Gasteiger partial charge in [-0.25, -0.2) is 9.47 Å².